The first-order valence-corrected chi connectivity index (χ1v) is 5.92. The summed E-state index contributed by atoms with van der Waals surface area (Å²) in [5.41, 5.74) is 0. The molecule has 3 atom stereocenters. The number of ether oxygens (including phenoxy) is 2. The number of methoxy groups -OCH3 is 1. The van der Waals surface area contributed by atoms with E-state index in [0.717, 1.165) is 7.11 Å². The number of amides is 2. The molecular weight excluding hydrogens is 256 g/mol. The molecule has 1 aliphatic heterocycles. The molecular formula is C11H18N2O6. The van der Waals surface area contributed by atoms with Gasteiger partial charge in [-0.25, -0.2) is 9.59 Å². The van der Waals surface area contributed by atoms with Crippen LogP contribution in [0.15, 0.2) is 0 Å². The third-order valence-electron chi connectivity index (χ3n) is 2.89. The van der Waals surface area contributed by atoms with Gasteiger partial charge in [0.15, 0.2) is 0 Å². The molecule has 8 heteroatoms. The maximum Gasteiger partial charge on any atom is 0.326 e. The molecule has 3 N–H and O–H groups in total. The molecule has 0 spiro atoms. The minimum Gasteiger partial charge on any atom is -0.480 e. The van der Waals surface area contributed by atoms with Gasteiger partial charge >= 0.3 is 18.0 Å². The highest BCUT2D eigenvalue weighted by Gasteiger charge is 2.28. The fourth-order valence-electron chi connectivity index (χ4n) is 1.74. The van der Waals surface area contributed by atoms with Crippen molar-refractivity contribution in [1.29, 1.82) is 0 Å². The highest BCUT2D eigenvalue weighted by atomic mass is 16.5. The van der Waals surface area contributed by atoms with Gasteiger partial charge in [0.05, 0.1) is 25.7 Å². The lowest BCUT2D eigenvalue weighted by Gasteiger charge is -2.19. The van der Waals surface area contributed by atoms with Crippen molar-refractivity contribution in [2.75, 3.05) is 13.7 Å². The summed E-state index contributed by atoms with van der Waals surface area (Å²) in [6.45, 7) is 2.37. The monoisotopic (exact) mass is 274 g/mol. The quantitative estimate of drug-likeness (QED) is 0.581. The number of carboxylic acid groups (broad SMARTS) is 1. The molecule has 0 bridgehead atoms. The van der Waals surface area contributed by atoms with Crippen LogP contribution in [-0.4, -0.2) is 55.0 Å². The normalized spacial score (nSPS) is 23.5. The van der Waals surface area contributed by atoms with Crippen LogP contribution in [0.25, 0.3) is 0 Å². The molecule has 19 heavy (non-hydrogen) atoms. The van der Waals surface area contributed by atoms with E-state index in [2.05, 4.69) is 15.4 Å². The molecule has 0 aromatic heterocycles. The van der Waals surface area contributed by atoms with Crippen LogP contribution in [0.1, 0.15) is 19.8 Å². The van der Waals surface area contributed by atoms with E-state index >= 15 is 0 Å². The van der Waals surface area contributed by atoms with Gasteiger partial charge in [0.2, 0.25) is 0 Å². The van der Waals surface area contributed by atoms with Gasteiger partial charge in [-0.05, 0) is 13.3 Å². The number of hydrogen-bond donors (Lipinski definition) is 3. The van der Waals surface area contributed by atoms with Gasteiger partial charge < -0.3 is 25.2 Å². The Labute approximate surface area is 110 Å². The molecule has 1 heterocycles. The number of rotatable bonds is 5. The number of hydrogen-bond acceptors (Lipinski definition) is 5. The van der Waals surface area contributed by atoms with Gasteiger partial charge in [-0.1, -0.05) is 0 Å². The van der Waals surface area contributed by atoms with Gasteiger partial charge in [0, 0.05) is 6.61 Å². The van der Waals surface area contributed by atoms with Crippen LogP contribution >= 0.6 is 0 Å². The predicted molar refractivity (Wildman–Crippen MR) is 63.5 cm³/mol. The summed E-state index contributed by atoms with van der Waals surface area (Å²) in [4.78, 5) is 33.6. The van der Waals surface area contributed by atoms with Crippen molar-refractivity contribution in [3.63, 3.8) is 0 Å². The van der Waals surface area contributed by atoms with E-state index in [1.165, 1.54) is 0 Å². The minimum atomic E-state index is -1.31. The van der Waals surface area contributed by atoms with Gasteiger partial charge in [0.25, 0.3) is 0 Å². The van der Waals surface area contributed by atoms with E-state index in [1.807, 2.05) is 6.92 Å². The zero-order chi connectivity index (χ0) is 14.4. The van der Waals surface area contributed by atoms with Crippen molar-refractivity contribution in [3.05, 3.63) is 0 Å². The Hall–Kier alpha value is -1.83. The largest absolute Gasteiger partial charge is 0.480 e. The molecule has 1 aliphatic rings. The van der Waals surface area contributed by atoms with E-state index in [9.17, 15) is 14.4 Å². The Morgan fingerprint density at radius 1 is 1.47 bits per heavy atom. The number of esters is 1. The molecule has 0 radical (unpaired) electrons. The second-order valence-corrected chi connectivity index (χ2v) is 4.26. The first-order chi connectivity index (χ1) is 8.93. The molecule has 0 aromatic rings. The molecule has 1 rings (SSSR count). The first-order valence-electron chi connectivity index (χ1n) is 5.92. The van der Waals surface area contributed by atoms with Crippen LogP contribution in [0, 0.1) is 0 Å². The average Bonchev–Trinajstić information content (AvgIpc) is 2.73. The van der Waals surface area contributed by atoms with Crippen molar-refractivity contribution in [2.45, 2.75) is 38.0 Å². The van der Waals surface area contributed by atoms with E-state index in [1.54, 1.807) is 0 Å². The first kappa shape index (κ1) is 15.2. The van der Waals surface area contributed by atoms with Crippen molar-refractivity contribution in [2.24, 2.45) is 0 Å². The van der Waals surface area contributed by atoms with Crippen LogP contribution in [0.4, 0.5) is 4.79 Å². The smallest absolute Gasteiger partial charge is 0.326 e. The number of carboxylic acids is 1. The molecule has 8 nitrogen and oxygen atoms in total. The predicted octanol–water partition coefficient (Wildman–Crippen LogP) is -0.521. The third-order valence-corrected chi connectivity index (χ3v) is 2.89. The molecule has 2 unspecified atom stereocenters. The van der Waals surface area contributed by atoms with Crippen molar-refractivity contribution < 1.29 is 29.0 Å². The second-order valence-electron chi connectivity index (χ2n) is 4.26. The topological polar surface area (TPSA) is 114 Å². The molecule has 0 aliphatic carbocycles. The summed E-state index contributed by atoms with van der Waals surface area (Å²) >= 11 is 0. The summed E-state index contributed by atoms with van der Waals surface area (Å²) in [5, 5.41) is 13.7. The molecule has 0 saturated carbocycles. The molecule has 0 aromatic carbocycles. The Balaban J connectivity index is 2.47. The number of urea groups is 1. The Morgan fingerprint density at radius 2 is 2.16 bits per heavy atom. The lowest BCUT2D eigenvalue weighted by molar-refractivity contribution is -0.147. The SMILES string of the molecule is COC(=O)C[C@H](NC(=O)NC1CCOC1C)C(=O)O. The standard InChI is InChI=1S/C11H18N2O6/c1-6-7(3-4-19-6)12-11(17)13-8(10(15)16)5-9(14)18-2/h6-8H,3-5H2,1-2H3,(H,15,16)(H2,12,13,17)/t6?,7?,8-/m0/s1. The van der Waals surface area contributed by atoms with Crippen molar-refractivity contribution in [1.82, 2.24) is 10.6 Å². The summed E-state index contributed by atoms with van der Waals surface area (Å²) in [5.74, 6) is -2.00. The van der Waals surface area contributed by atoms with Crippen LogP contribution in [-0.2, 0) is 19.1 Å². The second kappa shape index (κ2) is 6.93. The summed E-state index contributed by atoms with van der Waals surface area (Å²) in [6, 6.07) is -2.11. The lowest BCUT2D eigenvalue weighted by Crippen LogP contribution is -2.51. The lowest BCUT2D eigenvalue weighted by atomic mass is 10.1. The Morgan fingerprint density at radius 3 is 2.63 bits per heavy atom. The fourth-order valence-corrected chi connectivity index (χ4v) is 1.74. The van der Waals surface area contributed by atoms with Gasteiger partial charge in [-0.2, -0.15) is 0 Å². The van der Waals surface area contributed by atoms with E-state index in [4.69, 9.17) is 9.84 Å². The van der Waals surface area contributed by atoms with Crippen LogP contribution in [0.5, 0.6) is 0 Å². The average molecular weight is 274 g/mol. The number of aliphatic carboxylic acids is 1. The highest BCUT2D eigenvalue weighted by Crippen LogP contribution is 2.12. The van der Waals surface area contributed by atoms with Gasteiger partial charge in [-0.3, -0.25) is 4.79 Å². The summed E-state index contributed by atoms with van der Waals surface area (Å²) < 4.78 is 9.64. The Kier molecular flexibility index (Phi) is 5.56. The fraction of sp³-hybridized carbons (Fsp3) is 0.727. The van der Waals surface area contributed by atoms with Crippen LogP contribution in [0.3, 0.4) is 0 Å². The maximum atomic E-state index is 11.6. The summed E-state index contributed by atoms with van der Waals surface area (Å²) in [6.07, 6.45) is 0.133. The van der Waals surface area contributed by atoms with E-state index in [-0.39, 0.29) is 12.1 Å². The maximum absolute atomic E-state index is 11.6. The molecule has 1 fully saturated rings. The van der Waals surface area contributed by atoms with E-state index in [0.29, 0.717) is 13.0 Å². The Bertz CT molecular complexity index is 359. The van der Waals surface area contributed by atoms with Gasteiger partial charge in [-0.15, -0.1) is 0 Å². The highest BCUT2D eigenvalue weighted by molar-refractivity contribution is 5.86. The molecule has 1 saturated heterocycles. The van der Waals surface area contributed by atoms with Crippen LogP contribution in [0.2, 0.25) is 0 Å². The number of carbonyl (C=O) groups excluding carboxylic acids is 2. The van der Waals surface area contributed by atoms with E-state index < -0.39 is 30.4 Å². The molecule has 108 valence electrons. The zero-order valence-corrected chi connectivity index (χ0v) is 10.8. The summed E-state index contributed by atoms with van der Waals surface area (Å²) in [7, 11) is 1.15. The third kappa shape index (κ3) is 4.74. The molecule has 2 amide bonds. The van der Waals surface area contributed by atoms with Crippen molar-refractivity contribution >= 4 is 18.0 Å². The zero-order valence-electron chi connectivity index (χ0n) is 10.8. The van der Waals surface area contributed by atoms with Crippen molar-refractivity contribution in [3.8, 4) is 0 Å². The number of nitrogens with one attached hydrogen (secondary N) is 2. The number of carbonyl (C=O) groups is 3. The van der Waals surface area contributed by atoms with Gasteiger partial charge in [0.1, 0.15) is 6.04 Å². The minimum absolute atomic E-state index is 0.116. The van der Waals surface area contributed by atoms with Crippen LogP contribution < -0.4 is 10.6 Å².